The first-order chi connectivity index (χ1) is 7.25. The van der Waals surface area contributed by atoms with Gasteiger partial charge in [0.25, 0.3) is 0 Å². The van der Waals surface area contributed by atoms with Crippen LogP contribution in [0.25, 0.3) is 0 Å². The molecule has 0 radical (unpaired) electrons. The lowest BCUT2D eigenvalue weighted by Crippen LogP contribution is -2.13. The van der Waals surface area contributed by atoms with Gasteiger partial charge in [-0.15, -0.1) is 0 Å². The van der Waals surface area contributed by atoms with E-state index < -0.39 is 22.3 Å². The van der Waals surface area contributed by atoms with E-state index in [9.17, 15) is 18.0 Å². The van der Waals surface area contributed by atoms with Gasteiger partial charge in [0, 0.05) is 5.69 Å². The Bertz CT molecular complexity index is 417. The van der Waals surface area contributed by atoms with Crippen molar-refractivity contribution in [1.82, 2.24) is 0 Å². The number of benzene rings is 1. The normalized spacial score (nSPS) is 13.6. The van der Waals surface area contributed by atoms with Gasteiger partial charge < -0.3 is 5.73 Å². The fourth-order valence-electron chi connectivity index (χ4n) is 1.27. The molecule has 1 unspecified atom stereocenters. The number of nitrogen functional groups attached to an aromatic ring is 1. The van der Waals surface area contributed by atoms with Crippen molar-refractivity contribution in [3.05, 3.63) is 29.3 Å². The Morgan fingerprint density at radius 3 is 2.44 bits per heavy atom. The number of Topliss-reactive ketones (excluding diaryl/α,β-unsaturated/α-hetero) is 1. The summed E-state index contributed by atoms with van der Waals surface area (Å²) in [6.45, 7) is 1.28. The van der Waals surface area contributed by atoms with Crippen molar-refractivity contribution in [2.45, 2.75) is 17.9 Å². The first-order valence-corrected chi connectivity index (χ1v) is 5.27. The van der Waals surface area contributed by atoms with E-state index in [0.717, 1.165) is 6.07 Å². The van der Waals surface area contributed by atoms with Gasteiger partial charge in [-0.3, -0.25) is 4.79 Å². The number of hydrogen-bond donors (Lipinski definition) is 1. The summed E-state index contributed by atoms with van der Waals surface area (Å²) in [6, 6.07) is 3.51. The molecule has 2 nitrogen and oxygen atoms in total. The molecule has 0 saturated heterocycles. The van der Waals surface area contributed by atoms with Crippen LogP contribution in [0.1, 0.15) is 22.9 Å². The van der Waals surface area contributed by atoms with Crippen molar-refractivity contribution in [1.29, 1.82) is 0 Å². The molecule has 0 heterocycles. The van der Waals surface area contributed by atoms with Gasteiger partial charge in [-0.1, -0.05) is 28.1 Å². The van der Waals surface area contributed by atoms with Crippen molar-refractivity contribution < 1.29 is 18.0 Å². The molecule has 6 heteroatoms. The van der Waals surface area contributed by atoms with Gasteiger partial charge in [-0.25, -0.2) is 0 Å². The SMILES string of the molecule is CC(=O)C(Br)c1cccc(C(F)(F)F)c1N. The molecule has 2 N–H and O–H groups in total. The number of carbonyl (C=O) groups excluding carboxylic acids is 1. The molecule has 0 bridgehead atoms. The molecule has 0 aliphatic heterocycles. The first kappa shape index (κ1) is 13.0. The van der Waals surface area contributed by atoms with E-state index in [2.05, 4.69) is 15.9 Å². The highest BCUT2D eigenvalue weighted by Gasteiger charge is 2.34. The summed E-state index contributed by atoms with van der Waals surface area (Å²) in [4.78, 5) is 10.3. The number of halogens is 4. The minimum atomic E-state index is -4.51. The van der Waals surface area contributed by atoms with E-state index in [1.54, 1.807) is 0 Å². The maximum absolute atomic E-state index is 12.5. The van der Waals surface area contributed by atoms with Crippen LogP contribution in [0.2, 0.25) is 0 Å². The van der Waals surface area contributed by atoms with Crippen LogP contribution in [0.4, 0.5) is 18.9 Å². The largest absolute Gasteiger partial charge is 0.418 e. The molecule has 0 aliphatic carbocycles. The summed E-state index contributed by atoms with van der Waals surface area (Å²) in [5.74, 6) is -0.300. The molecule has 1 aromatic rings. The Morgan fingerprint density at radius 1 is 1.44 bits per heavy atom. The highest BCUT2D eigenvalue weighted by Crippen LogP contribution is 2.38. The van der Waals surface area contributed by atoms with E-state index >= 15 is 0 Å². The number of ketones is 1. The number of anilines is 1. The summed E-state index contributed by atoms with van der Waals surface area (Å²) >= 11 is 3.01. The van der Waals surface area contributed by atoms with E-state index in [0.29, 0.717) is 0 Å². The number of carbonyl (C=O) groups is 1. The maximum Gasteiger partial charge on any atom is 0.418 e. The minimum Gasteiger partial charge on any atom is -0.398 e. The van der Waals surface area contributed by atoms with Crippen LogP contribution in [0.3, 0.4) is 0 Å². The number of nitrogens with two attached hydrogens (primary N) is 1. The van der Waals surface area contributed by atoms with Gasteiger partial charge in [0.1, 0.15) is 5.78 Å². The lowest BCUT2D eigenvalue weighted by Gasteiger charge is -2.15. The lowest BCUT2D eigenvalue weighted by molar-refractivity contribution is -0.137. The predicted octanol–water partition coefficient (Wildman–Crippen LogP) is 3.31. The molecule has 1 aromatic carbocycles. The van der Waals surface area contributed by atoms with E-state index in [-0.39, 0.29) is 11.3 Å². The fraction of sp³-hybridized carbons (Fsp3) is 0.300. The summed E-state index contributed by atoms with van der Waals surface area (Å²) < 4.78 is 37.5. The number of para-hydroxylation sites is 1. The number of rotatable bonds is 2. The summed E-state index contributed by atoms with van der Waals surface area (Å²) in [5, 5.41) is 0. The molecule has 1 atom stereocenters. The van der Waals surface area contributed by atoms with Gasteiger partial charge >= 0.3 is 6.18 Å². The molecule has 88 valence electrons. The zero-order chi connectivity index (χ0) is 12.5. The van der Waals surface area contributed by atoms with Crippen molar-refractivity contribution >= 4 is 27.4 Å². The highest BCUT2D eigenvalue weighted by atomic mass is 79.9. The van der Waals surface area contributed by atoms with Crippen molar-refractivity contribution in [2.24, 2.45) is 0 Å². The Labute approximate surface area is 98.8 Å². The quantitative estimate of drug-likeness (QED) is 0.672. The molecule has 1 rings (SSSR count). The molecular weight excluding hydrogens is 287 g/mol. The second-order valence-corrected chi connectivity index (χ2v) is 4.20. The van der Waals surface area contributed by atoms with Crippen LogP contribution in [-0.4, -0.2) is 5.78 Å². The monoisotopic (exact) mass is 295 g/mol. The van der Waals surface area contributed by atoms with Crippen molar-refractivity contribution in [3.63, 3.8) is 0 Å². The molecule has 0 saturated carbocycles. The van der Waals surface area contributed by atoms with Gasteiger partial charge in [-0.2, -0.15) is 13.2 Å². The van der Waals surface area contributed by atoms with Crippen molar-refractivity contribution in [3.8, 4) is 0 Å². The minimum absolute atomic E-state index is 0.141. The third kappa shape index (κ3) is 2.55. The third-order valence-electron chi connectivity index (χ3n) is 2.08. The molecule has 0 aliphatic rings. The predicted molar refractivity (Wildman–Crippen MR) is 58.2 cm³/mol. The maximum atomic E-state index is 12.5. The molecule has 0 fully saturated rings. The molecule has 0 amide bonds. The second-order valence-electron chi connectivity index (χ2n) is 3.28. The molecule has 0 spiro atoms. The Balaban J connectivity index is 3.30. The molecule has 0 aromatic heterocycles. The number of hydrogen-bond acceptors (Lipinski definition) is 2. The summed E-state index contributed by atoms with van der Waals surface area (Å²) in [5.41, 5.74) is 4.22. The fourth-order valence-corrected chi connectivity index (χ4v) is 1.67. The van der Waals surface area contributed by atoms with Crippen LogP contribution in [-0.2, 0) is 11.0 Å². The van der Waals surface area contributed by atoms with Crippen LogP contribution in [0.5, 0.6) is 0 Å². The van der Waals surface area contributed by atoms with E-state index in [4.69, 9.17) is 5.73 Å². The number of alkyl halides is 4. The van der Waals surface area contributed by atoms with Crippen LogP contribution < -0.4 is 5.73 Å². The Kier molecular flexibility index (Phi) is 3.62. The summed E-state index contributed by atoms with van der Waals surface area (Å²) in [7, 11) is 0. The molecular formula is C10H9BrF3NO. The van der Waals surface area contributed by atoms with Crippen LogP contribution >= 0.6 is 15.9 Å². The molecule has 16 heavy (non-hydrogen) atoms. The Morgan fingerprint density at radius 2 is 2.00 bits per heavy atom. The lowest BCUT2D eigenvalue weighted by atomic mass is 10.0. The van der Waals surface area contributed by atoms with E-state index in [1.807, 2.05) is 0 Å². The third-order valence-corrected chi connectivity index (χ3v) is 3.21. The standard InChI is InChI=1S/C10H9BrF3NO/c1-5(16)8(11)6-3-2-4-7(9(6)15)10(12,13)14/h2-4,8H,15H2,1H3. The second kappa shape index (κ2) is 4.45. The smallest absolute Gasteiger partial charge is 0.398 e. The van der Waals surface area contributed by atoms with Crippen LogP contribution in [0, 0.1) is 0 Å². The first-order valence-electron chi connectivity index (χ1n) is 4.35. The summed E-state index contributed by atoms with van der Waals surface area (Å²) in [6.07, 6.45) is -4.51. The van der Waals surface area contributed by atoms with Crippen molar-refractivity contribution in [2.75, 3.05) is 5.73 Å². The highest BCUT2D eigenvalue weighted by molar-refractivity contribution is 9.09. The van der Waals surface area contributed by atoms with Gasteiger partial charge in [0.15, 0.2) is 0 Å². The average Bonchev–Trinajstić information content (AvgIpc) is 2.15. The van der Waals surface area contributed by atoms with Crippen LogP contribution in [0.15, 0.2) is 18.2 Å². The Hall–Kier alpha value is -1.04. The van der Waals surface area contributed by atoms with E-state index in [1.165, 1.54) is 19.1 Å². The topological polar surface area (TPSA) is 43.1 Å². The van der Waals surface area contributed by atoms with Gasteiger partial charge in [-0.05, 0) is 18.6 Å². The average molecular weight is 296 g/mol. The zero-order valence-corrected chi connectivity index (χ0v) is 9.89. The van der Waals surface area contributed by atoms with Gasteiger partial charge in [0.2, 0.25) is 0 Å². The zero-order valence-electron chi connectivity index (χ0n) is 8.31. The van der Waals surface area contributed by atoms with Gasteiger partial charge in [0.05, 0.1) is 10.4 Å².